The van der Waals surface area contributed by atoms with Crippen LogP contribution < -0.4 is 0 Å². The lowest BCUT2D eigenvalue weighted by atomic mass is 10.2. The van der Waals surface area contributed by atoms with Crippen LogP contribution in [0.4, 0.5) is 4.39 Å². The van der Waals surface area contributed by atoms with E-state index in [0.29, 0.717) is 11.6 Å². The number of halogens is 1. The van der Waals surface area contributed by atoms with Crippen LogP contribution in [-0.4, -0.2) is 53.9 Å². The monoisotopic (exact) mass is 237 g/mol. The second-order valence-electron chi connectivity index (χ2n) is 4.53. The van der Waals surface area contributed by atoms with Crippen molar-refractivity contribution < 1.29 is 9.18 Å². The number of carbonyl (C=O) groups excluding carboxylic acids is 1. The van der Waals surface area contributed by atoms with Crippen molar-refractivity contribution in [2.24, 2.45) is 0 Å². The Labute approximate surface area is 100 Å². The molecule has 5 heteroatoms. The van der Waals surface area contributed by atoms with Gasteiger partial charge >= 0.3 is 0 Å². The number of carbonyl (C=O) groups is 1. The Balaban J connectivity index is 2.04. The van der Waals surface area contributed by atoms with Crippen molar-refractivity contribution >= 4 is 5.91 Å². The third kappa shape index (κ3) is 2.61. The average molecular weight is 237 g/mol. The fourth-order valence-corrected chi connectivity index (χ4v) is 2.03. The van der Waals surface area contributed by atoms with Gasteiger partial charge in [0.25, 0.3) is 5.91 Å². The number of rotatable bonds is 2. The van der Waals surface area contributed by atoms with Crippen molar-refractivity contribution in [3.8, 4) is 0 Å². The molecule has 4 nitrogen and oxygen atoms in total. The standard InChI is InChI=1S/C12H16FN3O/c1-15(2)10-5-6-16(8-10)12(17)9-3-4-11(13)14-7-9/h3-4,7,10H,5-6,8H2,1-2H3. The summed E-state index contributed by atoms with van der Waals surface area (Å²) < 4.78 is 12.7. The van der Waals surface area contributed by atoms with Crippen molar-refractivity contribution in [1.82, 2.24) is 14.8 Å². The molecule has 2 rings (SSSR count). The van der Waals surface area contributed by atoms with E-state index in [2.05, 4.69) is 9.88 Å². The molecule has 1 aromatic heterocycles. The molecule has 1 aromatic rings. The number of pyridine rings is 1. The summed E-state index contributed by atoms with van der Waals surface area (Å²) in [5.74, 6) is -0.629. The molecule has 1 amide bonds. The predicted molar refractivity (Wildman–Crippen MR) is 62.2 cm³/mol. The van der Waals surface area contributed by atoms with E-state index in [0.717, 1.165) is 19.5 Å². The molecule has 92 valence electrons. The molecule has 0 aliphatic carbocycles. The molecule has 0 aromatic carbocycles. The highest BCUT2D eigenvalue weighted by molar-refractivity contribution is 5.94. The molecule has 1 aliphatic rings. The van der Waals surface area contributed by atoms with E-state index in [1.165, 1.54) is 18.3 Å². The van der Waals surface area contributed by atoms with Crippen LogP contribution >= 0.6 is 0 Å². The maximum atomic E-state index is 12.7. The number of hydrogen-bond acceptors (Lipinski definition) is 3. The SMILES string of the molecule is CN(C)C1CCN(C(=O)c2ccc(F)nc2)C1. The van der Waals surface area contributed by atoms with Crippen LogP contribution in [0.3, 0.4) is 0 Å². The molecule has 0 saturated carbocycles. The molecule has 0 N–H and O–H groups in total. The van der Waals surface area contributed by atoms with Gasteiger partial charge in [0.05, 0.1) is 5.56 Å². The molecule has 1 unspecified atom stereocenters. The molecular weight excluding hydrogens is 221 g/mol. The Morgan fingerprint density at radius 1 is 1.53 bits per heavy atom. The highest BCUT2D eigenvalue weighted by Gasteiger charge is 2.28. The molecule has 1 atom stereocenters. The van der Waals surface area contributed by atoms with E-state index in [-0.39, 0.29) is 5.91 Å². The van der Waals surface area contributed by atoms with Gasteiger partial charge in [0, 0.05) is 25.3 Å². The predicted octanol–water partition coefficient (Wildman–Crippen LogP) is 0.997. The van der Waals surface area contributed by atoms with Crippen LogP contribution in [0.5, 0.6) is 0 Å². The van der Waals surface area contributed by atoms with Crippen molar-refractivity contribution in [3.63, 3.8) is 0 Å². The number of hydrogen-bond donors (Lipinski definition) is 0. The van der Waals surface area contributed by atoms with Crippen LogP contribution in [0.1, 0.15) is 16.8 Å². The van der Waals surface area contributed by atoms with E-state index in [9.17, 15) is 9.18 Å². The van der Waals surface area contributed by atoms with Crippen molar-refractivity contribution in [2.75, 3.05) is 27.2 Å². The highest BCUT2D eigenvalue weighted by atomic mass is 19.1. The summed E-state index contributed by atoms with van der Waals surface area (Å²) in [6.45, 7) is 1.47. The van der Waals surface area contributed by atoms with E-state index >= 15 is 0 Å². The van der Waals surface area contributed by atoms with Gasteiger partial charge in [0.1, 0.15) is 0 Å². The summed E-state index contributed by atoms with van der Waals surface area (Å²) in [6.07, 6.45) is 2.27. The first-order valence-corrected chi connectivity index (χ1v) is 5.65. The minimum absolute atomic E-state index is 0.0677. The Morgan fingerprint density at radius 3 is 2.82 bits per heavy atom. The third-order valence-corrected chi connectivity index (χ3v) is 3.16. The van der Waals surface area contributed by atoms with E-state index < -0.39 is 5.95 Å². The maximum Gasteiger partial charge on any atom is 0.255 e. The lowest BCUT2D eigenvalue weighted by Crippen LogP contribution is -2.34. The molecule has 0 radical (unpaired) electrons. The normalized spacial score (nSPS) is 20.0. The lowest BCUT2D eigenvalue weighted by Gasteiger charge is -2.20. The van der Waals surface area contributed by atoms with E-state index in [1.54, 1.807) is 4.90 Å². The molecule has 1 saturated heterocycles. The first-order chi connectivity index (χ1) is 8.08. The van der Waals surface area contributed by atoms with Crippen molar-refractivity contribution in [2.45, 2.75) is 12.5 Å². The van der Waals surface area contributed by atoms with Gasteiger partial charge in [-0.15, -0.1) is 0 Å². The molecule has 1 aliphatic heterocycles. The molecule has 1 fully saturated rings. The molecule has 17 heavy (non-hydrogen) atoms. The number of likely N-dealkylation sites (tertiary alicyclic amines) is 1. The van der Waals surface area contributed by atoms with Crippen LogP contribution in [0, 0.1) is 5.95 Å². The molecule has 2 heterocycles. The van der Waals surface area contributed by atoms with E-state index in [1.807, 2.05) is 14.1 Å². The molecular formula is C12H16FN3O. The third-order valence-electron chi connectivity index (χ3n) is 3.16. The summed E-state index contributed by atoms with van der Waals surface area (Å²) in [5, 5.41) is 0. The Bertz CT molecular complexity index is 405. The summed E-state index contributed by atoms with van der Waals surface area (Å²) in [6, 6.07) is 3.10. The first kappa shape index (κ1) is 12.0. The summed E-state index contributed by atoms with van der Waals surface area (Å²) >= 11 is 0. The van der Waals surface area contributed by atoms with Gasteiger partial charge in [-0.05, 0) is 32.6 Å². The van der Waals surface area contributed by atoms with Crippen LogP contribution in [0.15, 0.2) is 18.3 Å². The quantitative estimate of drug-likeness (QED) is 0.720. The number of aromatic nitrogens is 1. The van der Waals surface area contributed by atoms with Crippen LogP contribution in [0.25, 0.3) is 0 Å². The summed E-state index contributed by atoms with van der Waals surface area (Å²) in [5.41, 5.74) is 0.450. The largest absolute Gasteiger partial charge is 0.337 e. The van der Waals surface area contributed by atoms with Crippen molar-refractivity contribution in [1.29, 1.82) is 0 Å². The zero-order valence-corrected chi connectivity index (χ0v) is 10.1. The zero-order valence-electron chi connectivity index (χ0n) is 10.1. The topological polar surface area (TPSA) is 36.4 Å². The molecule has 0 spiro atoms. The lowest BCUT2D eigenvalue weighted by molar-refractivity contribution is 0.0782. The van der Waals surface area contributed by atoms with Gasteiger partial charge < -0.3 is 9.80 Å². The second-order valence-corrected chi connectivity index (χ2v) is 4.53. The first-order valence-electron chi connectivity index (χ1n) is 5.65. The summed E-state index contributed by atoms with van der Waals surface area (Å²) in [7, 11) is 4.02. The number of nitrogens with zero attached hydrogens (tertiary/aromatic N) is 3. The highest BCUT2D eigenvalue weighted by Crippen LogP contribution is 2.16. The van der Waals surface area contributed by atoms with E-state index in [4.69, 9.17) is 0 Å². The Hall–Kier alpha value is -1.49. The number of likely N-dealkylation sites (N-methyl/N-ethyl adjacent to an activating group) is 1. The van der Waals surface area contributed by atoms with Gasteiger partial charge in [-0.1, -0.05) is 0 Å². The minimum atomic E-state index is -0.561. The fourth-order valence-electron chi connectivity index (χ4n) is 2.03. The van der Waals surface area contributed by atoms with Gasteiger partial charge in [-0.2, -0.15) is 4.39 Å². The van der Waals surface area contributed by atoms with Gasteiger partial charge in [0.15, 0.2) is 0 Å². The summed E-state index contributed by atoms with van der Waals surface area (Å²) in [4.78, 5) is 19.5. The van der Waals surface area contributed by atoms with Crippen molar-refractivity contribution in [3.05, 3.63) is 29.8 Å². The van der Waals surface area contributed by atoms with Crippen LogP contribution in [-0.2, 0) is 0 Å². The fraction of sp³-hybridized carbons (Fsp3) is 0.500. The van der Waals surface area contributed by atoms with Gasteiger partial charge in [0.2, 0.25) is 5.95 Å². The maximum absolute atomic E-state index is 12.7. The Kier molecular flexibility index (Phi) is 3.38. The second kappa shape index (κ2) is 4.79. The average Bonchev–Trinajstić information content (AvgIpc) is 2.78. The zero-order chi connectivity index (χ0) is 12.4. The number of amides is 1. The minimum Gasteiger partial charge on any atom is -0.337 e. The Morgan fingerprint density at radius 2 is 2.29 bits per heavy atom. The van der Waals surface area contributed by atoms with Gasteiger partial charge in [-0.25, -0.2) is 4.98 Å². The van der Waals surface area contributed by atoms with Crippen LogP contribution in [0.2, 0.25) is 0 Å². The molecule has 0 bridgehead atoms. The smallest absolute Gasteiger partial charge is 0.255 e. The van der Waals surface area contributed by atoms with Gasteiger partial charge in [-0.3, -0.25) is 4.79 Å².